The number of aliphatic imine (C=N–C) groups is 1. The summed E-state index contributed by atoms with van der Waals surface area (Å²) in [5.74, 6) is 3.15. The summed E-state index contributed by atoms with van der Waals surface area (Å²) >= 11 is 0. The van der Waals surface area contributed by atoms with Gasteiger partial charge in [-0.2, -0.15) is 0 Å². The molecule has 0 spiro atoms. The molecule has 0 aliphatic carbocycles. The fraction of sp³-hybridized carbons (Fsp3) is 0. The molecule has 0 rings (SSSR count). The Labute approximate surface area is 35.9 Å². The van der Waals surface area contributed by atoms with Gasteiger partial charge in [-0.05, 0) is 0 Å². The normalized spacial score (nSPS) is 9.00. The van der Waals surface area contributed by atoms with Crippen LogP contribution in [0.4, 0.5) is 0 Å². The fourth-order valence-electron chi connectivity index (χ4n) is 0.0430. The molecule has 0 aromatic carbocycles. The van der Waals surface area contributed by atoms with Gasteiger partial charge in [-0.25, -0.2) is 0 Å². The predicted octanol–water partition coefficient (Wildman–Crippen LogP) is 0.792. The number of nitrogens with zero attached hydrogens (tertiary/aromatic N) is 1. The van der Waals surface area contributed by atoms with Crippen molar-refractivity contribution in [1.82, 2.24) is 0 Å². The van der Waals surface area contributed by atoms with Crippen LogP contribution in [0.3, 0.4) is 0 Å². The Balaban J connectivity index is 2.92. The summed E-state index contributed by atoms with van der Waals surface area (Å²) in [6.45, 7) is 0. The Morgan fingerprint density at radius 3 is 2.40 bits per heavy atom. The highest BCUT2D eigenvalue weighted by molar-refractivity contribution is 7.37. The van der Waals surface area contributed by atoms with E-state index in [0.717, 1.165) is 0 Å². The van der Waals surface area contributed by atoms with E-state index < -0.39 is 0 Å². The molecule has 0 saturated heterocycles. The van der Waals surface area contributed by atoms with Gasteiger partial charge in [0.1, 0.15) is 0 Å². The first-order chi connectivity index (χ1) is 2.41. The highest BCUT2D eigenvalue weighted by Gasteiger charge is 1.41. The Kier molecular flexibility index (Phi) is 4.50. The molecule has 0 heterocycles. The van der Waals surface area contributed by atoms with Gasteiger partial charge in [-0.1, -0.05) is 9.24 Å². The van der Waals surface area contributed by atoms with Gasteiger partial charge in [-0.3, -0.25) is 4.99 Å². The third kappa shape index (κ3) is 4.27. The lowest BCUT2D eigenvalue weighted by Gasteiger charge is -1.58. The van der Waals surface area contributed by atoms with Gasteiger partial charge >= 0.3 is 0 Å². The topological polar surface area (TPSA) is 12.4 Å². The summed E-state index contributed by atoms with van der Waals surface area (Å²) in [5, 5.41) is 0. The lowest BCUT2D eigenvalue weighted by atomic mass is 11.4. The van der Waals surface area contributed by atoms with Crippen molar-refractivity contribution < 1.29 is 0 Å². The highest BCUT2D eigenvalue weighted by Crippen LogP contribution is 1.67. The molecule has 5 heavy (non-hydrogen) atoms. The van der Waals surface area contributed by atoms with Crippen LogP contribution in [0, 0.1) is 0 Å². The maximum atomic E-state index is 3.60. The maximum absolute atomic E-state index is 3.60. The maximum Gasteiger partial charge on any atom is 0.0463 e. The molecular formula is C2H5NP2. The first-order valence-electron chi connectivity index (χ1n) is 1.14. The van der Waals surface area contributed by atoms with Crippen LogP contribution in [0.2, 0.25) is 0 Å². The zero-order valence-corrected chi connectivity index (χ0v) is 4.83. The molecule has 0 aliphatic rings. The van der Waals surface area contributed by atoms with E-state index in [9.17, 15) is 0 Å². The summed E-state index contributed by atoms with van der Waals surface area (Å²) in [4.78, 5) is 3.60. The Morgan fingerprint density at radius 1 is 1.80 bits per heavy atom. The van der Waals surface area contributed by atoms with Crippen molar-refractivity contribution in [3.8, 4) is 0 Å². The molecule has 0 radical (unpaired) electrons. The molecule has 3 heteroatoms. The van der Waals surface area contributed by atoms with E-state index in [2.05, 4.69) is 23.1 Å². The molecule has 0 saturated carbocycles. The van der Waals surface area contributed by atoms with E-state index in [1.807, 2.05) is 0 Å². The molecule has 0 aromatic rings. The molecule has 1 unspecified atom stereocenters. The molecular weight excluding hydrogens is 100.0 g/mol. The van der Waals surface area contributed by atoms with E-state index in [4.69, 9.17) is 0 Å². The fourth-order valence-corrected chi connectivity index (χ4v) is 0.387. The smallest absolute Gasteiger partial charge is 0.0463 e. The van der Waals surface area contributed by atoms with E-state index in [1.54, 1.807) is 5.96 Å². The van der Waals surface area contributed by atoms with Gasteiger partial charge in [0.25, 0.3) is 0 Å². The van der Waals surface area contributed by atoms with Crippen LogP contribution in [0.15, 0.2) is 4.99 Å². The van der Waals surface area contributed by atoms with Crippen LogP contribution in [-0.4, -0.2) is 11.9 Å². The van der Waals surface area contributed by atoms with Gasteiger partial charge in [0, 0.05) is 11.9 Å². The Bertz CT molecular complexity index is 49.6. The second-order valence-corrected chi connectivity index (χ2v) is 0.984. The molecule has 1 atom stereocenters. The van der Waals surface area contributed by atoms with Crippen LogP contribution < -0.4 is 0 Å². The van der Waals surface area contributed by atoms with Crippen LogP contribution in [-0.2, 0) is 0 Å². The van der Waals surface area contributed by atoms with Crippen molar-refractivity contribution >= 4 is 30.0 Å². The average molecular weight is 105 g/mol. The van der Waals surface area contributed by atoms with Crippen LogP contribution in [0.5, 0.6) is 0 Å². The van der Waals surface area contributed by atoms with Crippen molar-refractivity contribution in [2.24, 2.45) is 4.99 Å². The third-order valence-corrected chi connectivity index (χ3v) is 0.482. The minimum absolute atomic E-state index is 1.53. The van der Waals surface area contributed by atoms with E-state index in [-0.39, 0.29) is 0 Å². The number of hydrogen-bond donors (Lipinski definition) is 0. The minimum atomic E-state index is 1.53. The average Bonchev–Trinajstić information content (AvgIpc) is 1.41. The van der Waals surface area contributed by atoms with Crippen molar-refractivity contribution in [2.75, 3.05) is 0 Å². The minimum Gasteiger partial charge on any atom is -0.261 e. The van der Waals surface area contributed by atoms with Crippen LogP contribution >= 0.6 is 18.1 Å². The lowest BCUT2D eigenvalue weighted by Crippen LogP contribution is -1.48. The molecule has 0 amide bonds. The molecule has 0 bridgehead atoms. The molecule has 0 fully saturated rings. The Morgan fingerprint density at radius 2 is 2.40 bits per heavy atom. The molecule has 0 aliphatic heterocycles. The Hall–Kier alpha value is 0.270. The zero-order chi connectivity index (χ0) is 4.12. The van der Waals surface area contributed by atoms with E-state index in [1.165, 1.54) is 5.92 Å². The largest absolute Gasteiger partial charge is 0.261 e. The lowest BCUT2D eigenvalue weighted by molar-refractivity contribution is 1.92. The van der Waals surface area contributed by atoms with Crippen molar-refractivity contribution in [3.05, 3.63) is 0 Å². The van der Waals surface area contributed by atoms with Gasteiger partial charge in [0.05, 0.1) is 0 Å². The summed E-state index contributed by atoms with van der Waals surface area (Å²) < 4.78 is 0. The molecule has 1 nitrogen and oxygen atoms in total. The van der Waals surface area contributed by atoms with Crippen molar-refractivity contribution in [2.45, 2.75) is 0 Å². The zero-order valence-electron chi connectivity index (χ0n) is 2.68. The van der Waals surface area contributed by atoms with Gasteiger partial charge in [0.2, 0.25) is 0 Å². The quantitative estimate of drug-likeness (QED) is 0.345. The van der Waals surface area contributed by atoms with Crippen LogP contribution in [0.25, 0.3) is 0 Å². The third-order valence-electron chi connectivity index (χ3n) is 0.161. The summed E-state index contributed by atoms with van der Waals surface area (Å²) in [5.41, 5.74) is 0. The van der Waals surface area contributed by atoms with Crippen LogP contribution in [0.1, 0.15) is 0 Å². The summed E-state index contributed by atoms with van der Waals surface area (Å²) in [6.07, 6.45) is 0. The first-order valence-corrected chi connectivity index (χ1v) is 2.38. The summed E-state index contributed by atoms with van der Waals surface area (Å²) in [6, 6.07) is 0. The van der Waals surface area contributed by atoms with Gasteiger partial charge < -0.3 is 0 Å². The SMILES string of the molecule is P=CN=CP. The monoisotopic (exact) mass is 105 g/mol. The number of hydrogen-bond acceptors (Lipinski definition) is 0. The van der Waals surface area contributed by atoms with Gasteiger partial charge in [0.15, 0.2) is 0 Å². The molecule has 28 valence electrons. The van der Waals surface area contributed by atoms with Crippen molar-refractivity contribution in [3.63, 3.8) is 0 Å². The predicted molar refractivity (Wildman–Crippen MR) is 32.6 cm³/mol. The second kappa shape index (κ2) is 4.27. The van der Waals surface area contributed by atoms with E-state index >= 15 is 0 Å². The van der Waals surface area contributed by atoms with Gasteiger partial charge in [-0.15, -0.1) is 8.86 Å². The molecule has 0 aromatic heterocycles. The summed E-state index contributed by atoms with van der Waals surface area (Å²) in [7, 11) is 5.36. The first kappa shape index (κ1) is 5.27. The standard InChI is InChI=1S/C2H5NP2/c4-1-3-2-5/h1-2,4H,5H2. The molecule has 0 N–H and O–H groups in total. The second-order valence-electron chi connectivity index (χ2n) is 0.427. The van der Waals surface area contributed by atoms with E-state index in [0.29, 0.717) is 0 Å². The van der Waals surface area contributed by atoms with Crippen molar-refractivity contribution in [1.29, 1.82) is 0 Å². The number of rotatable bonds is 1. The highest BCUT2D eigenvalue weighted by atomic mass is 31.0.